The molecule has 0 unspecified atom stereocenters. The Morgan fingerprint density at radius 2 is 2.00 bits per heavy atom. The number of aromatic nitrogens is 2. The lowest BCUT2D eigenvalue weighted by Crippen LogP contribution is -2.22. The van der Waals surface area contributed by atoms with Gasteiger partial charge >= 0.3 is 0 Å². The number of nitrogens with one attached hydrogen (secondary N) is 1. The molecule has 1 aromatic carbocycles. The van der Waals surface area contributed by atoms with E-state index in [1.54, 1.807) is 6.07 Å². The lowest BCUT2D eigenvalue weighted by molar-refractivity contribution is 0.578. The minimum atomic E-state index is -0.196. The summed E-state index contributed by atoms with van der Waals surface area (Å²) in [4.78, 5) is 0. The zero-order chi connectivity index (χ0) is 15.7. The van der Waals surface area contributed by atoms with Crippen molar-refractivity contribution in [1.29, 1.82) is 5.26 Å². The van der Waals surface area contributed by atoms with Crippen molar-refractivity contribution >= 4 is 5.82 Å². The molecule has 1 aliphatic carbocycles. The van der Waals surface area contributed by atoms with Gasteiger partial charge in [-0.15, -0.1) is 5.10 Å². The van der Waals surface area contributed by atoms with Gasteiger partial charge in [-0.1, -0.05) is 18.2 Å². The molecule has 0 atom stereocenters. The summed E-state index contributed by atoms with van der Waals surface area (Å²) in [5, 5.41) is 20.7. The van der Waals surface area contributed by atoms with Crippen molar-refractivity contribution in [1.82, 2.24) is 10.2 Å². The van der Waals surface area contributed by atoms with Crippen LogP contribution in [0.2, 0.25) is 0 Å². The molecule has 0 radical (unpaired) electrons. The van der Waals surface area contributed by atoms with Crippen LogP contribution in [0.1, 0.15) is 35.2 Å². The molecule has 0 amide bonds. The second-order valence-corrected chi connectivity index (χ2v) is 5.86. The largest absolute Gasteiger partial charge is 0.367 e. The van der Waals surface area contributed by atoms with Gasteiger partial charge < -0.3 is 5.32 Å². The van der Waals surface area contributed by atoms with Crippen LogP contribution in [0.5, 0.6) is 0 Å². The highest BCUT2D eigenvalue weighted by molar-refractivity contribution is 5.56. The average Bonchev–Trinajstić information content (AvgIpc) is 3.30. The van der Waals surface area contributed by atoms with E-state index in [1.807, 2.05) is 26.0 Å². The van der Waals surface area contributed by atoms with Gasteiger partial charge in [-0.25, -0.2) is 4.39 Å². The van der Waals surface area contributed by atoms with Crippen molar-refractivity contribution in [2.75, 3.05) is 11.9 Å². The number of halogens is 1. The van der Waals surface area contributed by atoms with Crippen LogP contribution in [0.3, 0.4) is 0 Å². The summed E-state index contributed by atoms with van der Waals surface area (Å²) in [6.07, 6.45) is 1.86. The first-order valence-corrected chi connectivity index (χ1v) is 7.30. The average molecular weight is 296 g/mol. The van der Waals surface area contributed by atoms with Crippen LogP contribution in [-0.4, -0.2) is 16.7 Å². The Morgan fingerprint density at radius 3 is 2.64 bits per heavy atom. The second kappa shape index (κ2) is 5.38. The Kier molecular flexibility index (Phi) is 3.53. The molecule has 22 heavy (non-hydrogen) atoms. The molecule has 5 heteroatoms. The van der Waals surface area contributed by atoms with Gasteiger partial charge in [0.25, 0.3) is 0 Å². The van der Waals surface area contributed by atoms with Gasteiger partial charge in [0.15, 0.2) is 5.82 Å². The molecule has 0 aliphatic heterocycles. The minimum absolute atomic E-state index is 0.173. The maximum Gasteiger partial charge on any atom is 0.166 e. The molecule has 2 aromatic rings. The summed E-state index contributed by atoms with van der Waals surface area (Å²) >= 11 is 0. The number of rotatable bonds is 4. The fourth-order valence-corrected chi connectivity index (χ4v) is 2.71. The van der Waals surface area contributed by atoms with E-state index in [2.05, 4.69) is 21.6 Å². The van der Waals surface area contributed by atoms with Gasteiger partial charge in [0.2, 0.25) is 0 Å². The van der Waals surface area contributed by atoms with Gasteiger partial charge in [-0.3, -0.25) is 0 Å². The topological polar surface area (TPSA) is 61.6 Å². The first kappa shape index (κ1) is 14.5. The predicted octanol–water partition coefficient (Wildman–Crippen LogP) is 3.25. The number of aryl methyl sites for hydroxylation is 1. The number of nitriles is 1. The van der Waals surface area contributed by atoms with Crippen molar-refractivity contribution in [2.45, 2.75) is 32.1 Å². The number of nitrogens with zero attached hydrogens (tertiary/aromatic N) is 3. The van der Waals surface area contributed by atoms with Crippen LogP contribution in [0, 0.1) is 31.0 Å². The molecule has 3 rings (SSSR count). The molecule has 1 N–H and O–H groups in total. The lowest BCUT2D eigenvalue weighted by atomic mass is 9.95. The van der Waals surface area contributed by atoms with E-state index in [1.165, 1.54) is 6.07 Å². The summed E-state index contributed by atoms with van der Waals surface area (Å²) in [7, 11) is 0. The van der Waals surface area contributed by atoms with Gasteiger partial charge in [0.1, 0.15) is 17.4 Å². The standard InChI is InChI=1S/C17H17FN4/c1-11-12(2)21-22-16(13(11)9-19)20-10-17(7-8-17)14-5-3-4-6-15(14)18/h3-6H,7-8,10H2,1-2H3,(H,20,22). The second-order valence-electron chi connectivity index (χ2n) is 5.86. The van der Waals surface area contributed by atoms with Crippen molar-refractivity contribution < 1.29 is 4.39 Å². The van der Waals surface area contributed by atoms with E-state index in [-0.39, 0.29) is 11.2 Å². The Bertz CT molecular complexity index is 760. The summed E-state index contributed by atoms with van der Waals surface area (Å²) in [5.74, 6) is 0.307. The third-order valence-electron chi connectivity index (χ3n) is 4.46. The first-order valence-electron chi connectivity index (χ1n) is 7.30. The highest BCUT2D eigenvalue weighted by Crippen LogP contribution is 2.49. The molecule has 1 fully saturated rings. The highest BCUT2D eigenvalue weighted by atomic mass is 19.1. The molecule has 0 bridgehead atoms. The Morgan fingerprint density at radius 1 is 1.27 bits per heavy atom. The molecular formula is C17H17FN4. The van der Waals surface area contributed by atoms with Crippen LogP contribution in [0.25, 0.3) is 0 Å². The molecule has 1 saturated carbocycles. The quantitative estimate of drug-likeness (QED) is 0.940. The molecule has 112 valence electrons. The van der Waals surface area contributed by atoms with Crippen molar-refractivity contribution in [2.24, 2.45) is 0 Å². The van der Waals surface area contributed by atoms with Crippen molar-refractivity contribution in [3.8, 4) is 6.07 Å². The van der Waals surface area contributed by atoms with E-state index >= 15 is 0 Å². The lowest BCUT2D eigenvalue weighted by Gasteiger charge is -2.18. The SMILES string of the molecule is Cc1nnc(NCC2(c3ccccc3F)CC2)c(C#N)c1C. The monoisotopic (exact) mass is 296 g/mol. The van der Waals surface area contributed by atoms with Gasteiger partial charge in [0.05, 0.1) is 5.69 Å². The zero-order valence-electron chi connectivity index (χ0n) is 12.7. The van der Waals surface area contributed by atoms with Crippen LogP contribution in [0.15, 0.2) is 24.3 Å². The zero-order valence-corrected chi connectivity index (χ0v) is 12.7. The molecule has 1 aromatic heterocycles. The van der Waals surface area contributed by atoms with Crippen LogP contribution in [-0.2, 0) is 5.41 Å². The third kappa shape index (κ3) is 2.41. The number of benzene rings is 1. The predicted molar refractivity (Wildman–Crippen MR) is 82.0 cm³/mol. The van der Waals surface area contributed by atoms with Gasteiger partial charge in [0, 0.05) is 12.0 Å². The first-order chi connectivity index (χ1) is 10.6. The smallest absolute Gasteiger partial charge is 0.166 e. The molecular weight excluding hydrogens is 279 g/mol. The Hall–Kier alpha value is -2.48. The number of hydrogen-bond acceptors (Lipinski definition) is 4. The minimum Gasteiger partial charge on any atom is -0.367 e. The van der Waals surface area contributed by atoms with E-state index < -0.39 is 0 Å². The fourth-order valence-electron chi connectivity index (χ4n) is 2.71. The van der Waals surface area contributed by atoms with Crippen molar-refractivity contribution in [3.63, 3.8) is 0 Å². The molecule has 0 saturated heterocycles. The maximum absolute atomic E-state index is 14.0. The van der Waals surface area contributed by atoms with E-state index in [9.17, 15) is 9.65 Å². The van der Waals surface area contributed by atoms with Crippen LogP contribution >= 0.6 is 0 Å². The van der Waals surface area contributed by atoms with E-state index in [4.69, 9.17) is 0 Å². The van der Waals surface area contributed by atoms with Crippen LogP contribution < -0.4 is 5.32 Å². The fraction of sp³-hybridized carbons (Fsp3) is 0.353. The van der Waals surface area contributed by atoms with Gasteiger partial charge in [-0.2, -0.15) is 10.4 Å². The summed E-state index contributed by atoms with van der Waals surface area (Å²) < 4.78 is 14.0. The normalized spacial score (nSPS) is 15.2. The van der Waals surface area contributed by atoms with E-state index in [0.717, 1.165) is 29.7 Å². The molecule has 0 spiro atoms. The van der Waals surface area contributed by atoms with Crippen molar-refractivity contribution in [3.05, 3.63) is 52.5 Å². The summed E-state index contributed by atoms with van der Waals surface area (Å²) in [5.41, 5.74) is 2.63. The van der Waals surface area contributed by atoms with Crippen LogP contribution in [0.4, 0.5) is 10.2 Å². The molecule has 1 aliphatic rings. The summed E-state index contributed by atoms with van der Waals surface area (Å²) in [6, 6.07) is 9.06. The maximum atomic E-state index is 14.0. The Labute approximate surface area is 129 Å². The number of hydrogen-bond donors (Lipinski definition) is 1. The highest BCUT2D eigenvalue weighted by Gasteiger charge is 2.45. The van der Waals surface area contributed by atoms with Gasteiger partial charge in [-0.05, 0) is 43.9 Å². The Balaban J connectivity index is 1.84. The third-order valence-corrected chi connectivity index (χ3v) is 4.46. The van der Waals surface area contributed by atoms with E-state index in [0.29, 0.717) is 17.9 Å². The summed E-state index contributed by atoms with van der Waals surface area (Å²) in [6.45, 7) is 4.24. The molecule has 1 heterocycles. The molecule has 4 nitrogen and oxygen atoms in total. The number of anilines is 1.